The van der Waals surface area contributed by atoms with Gasteiger partial charge in [0.15, 0.2) is 0 Å². The van der Waals surface area contributed by atoms with Gasteiger partial charge in [-0.1, -0.05) is 0 Å². The summed E-state index contributed by atoms with van der Waals surface area (Å²) in [6.07, 6.45) is 3.78. The van der Waals surface area contributed by atoms with Crippen molar-refractivity contribution < 1.29 is 0 Å². The van der Waals surface area contributed by atoms with E-state index in [1.54, 1.807) is 24.0 Å². The molecule has 4 rings (SSSR count). The number of fused-ring (bicyclic) bond motifs is 1. The van der Waals surface area contributed by atoms with Crippen molar-refractivity contribution in [3.8, 4) is 0 Å². The average Bonchev–Trinajstić information content (AvgIpc) is 3.06. The molecule has 0 saturated carbocycles. The van der Waals surface area contributed by atoms with Gasteiger partial charge in [-0.25, -0.2) is 14.8 Å². The Balaban J connectivity index is 1.66. The molecule has 2 unspecified atom stereocenters. The second kappa shape index (κ2) is 6.26. The molecule has 2 aliphatic heterocycles. The van der Waals surface area contributed by atoms with Crippen molar-refractivity contribution in [2.24, 2.45) is 20.0 Å². The maximum atomic E-state index is 12.3. The van der Waals surface area contributed by atoms with Crippen molar-refractivity contribution in [3.05, 3.63) is 45.0 Å². The molecule has 2 saturated heterocycles. The molecule has 0 aromatic carbocycles. The molecule has 8 heteroatoms. The summed E-state index contributed by atoms with van der Waals surface area (Å²) >= 11 is 0. The second-order valence-corrected chi connectivity index (χ2v) is 7.30. The van der Waals surface area contributed by atoms with E-state index < -0.39 is 0 Å². The van der Waals surface area contributed by atoms with Gasteiger partial charge in [0.25, 0.3) is 5.56 Å². The number of hydrogen-bond acceptors (Lipinski definition) is 6. The van der Waals surface area contributed by atoms with Crippen molar-refractivity contribution in [2.45, 2.75) is 25.8 Å². The van der Waals surface area contributed by atoms with Crippen LogP contribution in [0, 0.1) is 12.8 Å². The Kier molecular flexibility index (Phi) is 4.05. The van der Waals surface area contributed by atoms with Gasteiger partial charge >= 0.3 is 5.69 Å². The van der Waals surface area contributed by atoms with Crippen molar-refractivity contribution in [1.82, 2.24) is 19.1 Å². The predicted molar refractivity (Wildman–Crippen MR) is 99.8 cm³/mol. The van der Waals surface area contributed by atoms with E-state index in [4.69, 9.17) is 0 Å². The Hall–Kier alpha value is -2.64. The maximum absolute atomic E-state index is 12.3. The van der Waals surface area contributed by atoms with Gasteiger partial charge in [-0.05, 0) is 25.7 Å². The van der Waals surface area contributed by atoms with Crippen LogP contribution in [0.25, 0.3) is 0 Å². The zero-order chi connectivity index (χ0) is 18.4. The molecule has 4 heterocycles. The molecule has 0 bridgehead atoms. The third-order valence-corrected chi connectivity index (χ3v) is 5.77. The van der Waals surface area contributed by atoms with Crippen molar-refractivity contribution >= 4 is 11.6 Å². The van der Waals surface area contributed by atoms with E-state index in [1.165, 1.54) is 7.05 Å². The average molecular weight is 356 g/mol. The van der Waals surface area contributed by atoms with Crippen LogP contribution in [0.4, 0.5) is 11.6 Å². The third kappa shape index (κ3) is 2.69. The van der Waals surface area contributed by atoms with Gasteiger partial charge < -0.3 is 9.80 Å². The van der Waals surface area contributed by atoms with E-state index in [9.17, 15) is 9.59 Å². The Bertz CT molecular complexity index is 949. The van der Waals surface area contributed by atoms with E-state index >= 15 is 0 Å². The molecule has 2 atom stereocenters. The summed E-state index contributed by atoms with van der Waals surface area (Å²) in [5.41, 5.74) is 0.412. The van der Waals surface area contributed by atoms with Crippen LogP contribution in [0.2, 0.25) is 0 Å². The second-order valence-electron chi connectivity index (χ2n) is 7.30. The molecule has 0 spiro atoms. The molecule has 0 aliphatic carbocycles. The van der Waals surface area contributed by atoms with Gasteiger partial charge in [0.1, 0.15) is 18.0 Å². The van der Waals surface area contributed by atoms with Crippen LogP contribution in [0.5, 0.6) is 0 Å². The number of anilines is 2. The lowest BCUT2D eigenvalue weighted by atomic mass is 9.92. The van der Waals surface area contributed by atoms with Gasteiger partial charge in [0, 0.05) is 51.6 Å². The number of piperidine rings is 1. The predicted octanol–water partition coefficient (Wildman–Crippen LogP) is 0.288. The first-order valence-corrected chi connectivity index (χ1v) is 9.03. The highest BCUT2D eigenvalue weighted by Gasteiger charge is 2.39. The first kappa shape index (κ1) is 16.8. The normalized spacial score (nSPS) is 22.6. The van der Waals surface area contributed by atoms with Crippen LogP contribution < -0.4 is 21.0 Å². The third-order valence-electron chi connectivity index (χ3n) is 5.77. The lowest BCUT2D eigenvalue weighted by molar-refractivity contribution is 0.387. The van der Waals surface area contributed by atoms with Crippen LogP contribution >= 0.6 is 0 Å². The highest BCUT2D eigenvalue weighted by atomic mass is 16.2. The molecular weight excluding hydrogens is 332 g/mol. The number of hydrogen-bond donors (Lipinski definition) is 0. The fourth-order valence-electron chi connectivity index (χ4n) is 4.24. The summed E-state index contributed by atoms with van der Waals surface area (Å²) in [6.45, 7) is 4.65. The lowest BCUT2D eigenvalue weighted by Gasteiger charge is -2.40. The van der Waals surface area contributed by atoms with Crippen molar-refractivity contribution in [2.75, 3.05) is 29.4 Å². The first-order valence-electron chi connectivity index (χ1n) is 9.03. The van der Waals surface area contributed by atoms with Crippen LogP contribution in [0.3, 0.4) is 0 Å². The monoisotopic (exact) mass is 356 g/mol. The largest absolute Gasteiger partial charge is 0.354 e. The van der Waals surface area contributed by atoms with Crippen molar-refractivity contribution in [1.29, 1.82) is 0 Å². The Morgan fingerprint density at radius 3 is 2.58 bits per heavy atom. The quantitative estimate of drug-likeness (QED) is 0.770. The first-order chi connectivity index (χ1) is 12.5. The Morgan fingerprint density at radius 1 is 1.04 bits per heavy atom. The molecule has 26 heavy (non-hydrogen) atoms. The molecular formula is C18H24N6O2. The molecule has 138 valence electrons. The van der Waals surface area contributed by atoms with E-state index in [0.717, 1.165) is 48.6 Å². The van der Waals surface area contributed by atoms with E-state index in [-0.39, 0.29) is 17.3 Å². The maximum Gasteiger partial charge on any atom is 0.332 e. The Morgan fingerprint density at radius 2 is 1.81 bits per heavy atom. The summed E-state index contributed by atoms with van der Waals surface area (Å²) in [5, 5.41) is 0. The fourth-order valence-corrected chi connectivity index (χ4v) is 4.24. The van der Waals surface area contributed by atoms with Gasteiger partial charge in [-0.3, -0.25) is 13.9 Å². The topological polar surface area (TPSA) is 76.3 Å². The summed E-state index contributed by atoms with van der Waals surface area (Å²) in [7, 11) is 3.25. The van der Waals surface area contributed by atoms with Crippen LogP contribution in [0.1, 0.15) is 18.5 Å². The summed E-state index contributed by atoms with van der Waals surface area (Å²) in [6, 6.07) is 3.86. The molecule has 2 fully saturated rings. The molecule has 8 nitrogen and oxygen atoms in total. The molecule has 0 N–H and O–H groups in total. The van der Waals surface area contributed by atoms with Crippen LogP contribution in [-0.4, -0.2) is 44.8 Å². The lowest BCUT2D eigenvalue weighted by Crippen LogP contribution is -2.50. The van der Waals surface area contributed by atoms with E-state index in [2.05, 4.69) is 19.8 Å². The van der Waals surface area contributed by atoms with Gasteiger partial charge in [0.2, 0.25) is 0 Å². The minimum atomic E-state index is -0.282. The standard InChI is InChI=1S/C18H24N6O2/c1-12-8-15(20-11-19-12)23-6-4-13-5-7-24(14(13)10-23)16-9-17(25)22(3)18(26)21(16)2/h8-9,11,13-14H,4-7,10H2,1-3H3. The summed E-state index contributed by atoms with van der Waals surface area (Å²) in [5.74, 6) is 2.24. The molecule has 0 radical (unpaired) electrons. The van der Waals surface area contributed by atoms with Gasteiger partial charge in [-0.2, -0.15) is 0 Å². The minimum Gasteiger partial charge on any atom is -0.354 e. The van der Waals surface area contributed by atoms with E-state index in [1.807, 2.05) is 13.0 Å². The van der Waals surface area contributed by atoms with Crippen molar-refractivity contribution in [3.63, 3.8) is 0 Å². The molecule has 2 aliphatic rings. The number of aromatic nitrogens is 4. The smallest absolute Gasteiger partial charge is 0.332 e. The van der Waals surface area contributed by atoms with Gasteiger partial charge in [0.05, 0.1) is 6.04 Å². The Labute approximate surface area is 151 Å². The highest BCUT2D eigenvalue weighted by molar-refractivity contribution is 5.46. The van der Waals surface area contributed by atoms with Crippen LogP contribution in [-0.2, 0) is 14.1 Å². The van der Waals surface area contributed by atoms with E-state index in [0.29, 0.717) is 11.7 Å². The SMILES string of the molecule is Cc1cc(N2CCC3CCN(c4cc(=O)n(C)c(=O)n4C)C3C2)ncn1. The summed E-state index contributed by atoms with van der Waals surface area (Å²) < 4.78 is 2.73. The van der Waals surface area contributed by atoms with Gasteiger partial charge in [-0.15, -0.1) is 0 Å². The zero-order valence-electron chi connectivity index (χ0n) is 15.4. The highest BCUT2D eigenvalue weighted by Crippen LogP contribution is 2.35. The number of aryl methyl sites for hydroxylation is 1. The molecule has 2 aromatic heterocycles. The molecule has 0 amide bonds. The van der Waals surface area contributed by atoms with Crippen LogP contribution in [0.15, 0.2) is 28.0 Å². The minimum absolute atomic E-state index is 0.259. The fraction of sp³-hybridized carbons (Fsp3) is 0.556. The zero-order valence-corrected chi connectivity index (χ0v) is 15.4. The number of nitrogens with zero attached hydrogens (tertiary/aromatic N) is 6. The molecule has 2 aromatic rings. The summed E-state index contributed by atoms with van der Waals surface area (Å²) in [4.78, 5) is 37.6. The number of rotatable bonds is 2.